The summed E-state index contributed by atoms with van der Waals surface area (Å²) < 4.78 is 5.95. The van der Waals surface area contributed by atoms with Crippen molar-refractivity contribution in [3.05, 3.63) is 46.2 Å². The van der Waals surface area contributed by atoms with Gasteiger partial charge in [0.25, 0.3) is 0 Å². The Morgan fingerprint density at radius 3 is 2.54 bits per heavy atom. The molecule has 1 aromatic rings. The Kier molecular flexibility index (Phi) is 3.35. The lowest BCUT2D eigenvalue weighted by Gasteiger charge is -2.42. The Bertz CT molecular complexity index is 694. The maximum absolute atomic E-state index is 6.47. The summed E-state index contributed by atoms with van der Waals surface area (Å²) in [6.07, 6.45) is 11.4. The summed E-state index contributed by atoms with van der Waals surface area (Å²) in [6, 6.07) is 7.17. The standard InChI is InChI=1S/C22H29NO/c1-24-21(15-3-2-4-15)19-8-6-14-5-7-16(22(23)11-12-22)13-20(14)18-10-9-17(18)19/h5,7,13,17-19H,2-4,6,8-12,23H2,1H3. The Morgan fingerprint density at radius 2 is 1.96 bits per heavy atom. The van der Waals surface area contributed by atoms with Gasteiger partial charge in [0.05, 0.1) is 12.9 Å². The fraction of sp³-hybridized carbons (Fsp3) is 0.636. The number of aryl methyl sites for hydroxylation is 1. The minimum Gasteiger partial charge on any atom is -0.501 e. The SMILES string of the molecule is COC(=C1CCC1)C1CCc2ccc(C3(N)CC3)cc2C2CCC12. The van der Waals surface area contributed by atoms with Crippen molar-refractivity contribution in [2.24, 2.45) is 17.6 Å². The first kappa shape index (κ1) is 15.0. The van der Waals surface area contributed by atoms with Gasteiger partial charge in [0.15, 0.2) is 0 Å². The van der Waals surface area contributed by atoms with Crippen molar-refractivity contribution in [1.29, 1.82) is 0 Å². The van der Waals surface area contributed by atoms with Gasteiger partial charge in [0.1, 0.15) is 0 Å². The normalized spacial score (nSPS) is 32.6. The zero-order valence-corrected chi connectivity index (χ0v) is 14.8. The summed E-state index contributed by atoms with van der Waals surface area (Å²) >= 11 is 0. The van der Waals surface area contributed by atoms with Gasteiger partial charge in [-0.15, -0.1) is 0 Å². The molecule has 2 heteroatoms. The maximum atomic E-state index is 6.47. The Morgan fingerprint density at radius 1 is 1.12 bits per heavy atom. The largest absolute Gasteiger partial charge is 0.501 e. The molecule has 4 aliphatic rings. The minimum atomic E-state index is -0.00836. The van der Waals surface area contributed by atoms with Gasteiger partial charge in [-0.1, -0.05) is 18.2 Å². The molecule has 0 aromatic heterocycles. The van der Waals surface area contributed by atoms with E-state index in [4.69, 9.17) is 10.5 Å². The van der Waals surface area contributed by atoms with Crippen molar-refractivity contribution in [1.82, 2.24) is 0 Å². The van der Waals surface area contributed by atoms with Crippen LogP contribution in [0.15, 0.2) is 29.5 Å². The van der Waals surface area contributed by atoms with Crippen LogP contribution in [0.25, 0.3) is 0 Å². The van der Waals surface area contributed by atoms with Gasteiger partial charge >= 0.3 is 0 Å². The average molecular weight is 323 g/mol. The quantitative estimate of drug-likeness (QED) is 0.813. The molecule has 0 spiro atoms. The molecule has 3 fully saturated rings. The summed E-state index contributed by atoms with van der Waals surface area (Å²) in [5, 5.41) is 0. The van der Waals surface area contributed by atoms with Crippen LogP contribution in [0, 0.1) is 11.8 Å². The predicted octanol–water partition coefficient (Wildman–Crippen LogP) is 4.77. The molecule has 0 bridgehead atoms. The second-order valence-corrected chi connectivity index (χ2v) is 8.59. The van der Waals surface area contributed by atoms with Crippen LogP contribution in [0.2, 0.25) is 0 Å². The zero-order chi connectivity index (χ0) is 16.3. The summed E-state index contributed by atoms with van der Waals surface area (Å²) in [5.74, 6) is 3.53. The van der Waals surface area contributed by atoms with Crippen LogP contribution in [0.5, 0.6) is 0 Å². The van der Waals surface area contributed by atoms with E-state index in [9.17, 15) is 0 Å². The fourth-order valence-electron chi connectivity index (χ4n) is 5.30. The van der Waals surface area contributed by atoms with Crippen LogP contribution < -0.4 is 5.73 Å². The van der Waals surface area contributed by atoms with E-state index >= 15 is 0 Å². The average Bonchev–Trinajstić information content (AvgIpc) is 3.26. The zero-order valence-electron chi connectivity index (χ0n) is 14.8. The van der Waals surface area contributed by atoms with E-state index < -0.39 is 0 Å². The van der Waals surface area contributed by atoms with Gasteiger partial charge in [-0.25, -0.2) is 0 Å². The summed E-state index contributed by atoms with van der Waals surface area (Å²) in [5.41, 5.74) is 12.7. The van der Waals surface area contributed by atoms with Crippen LogP contribution >= 0.6 is 0 Å². The topological polar surface area (TPSA) is 35.2 Å². The fourth-order valence-corrected chi connectivity index (χ4v) is 5.30. The van der Waals surface area contributed by atoms with Gasteiger partial charge in [-0.2, -0.15) is 0 Å². The highest BCUT2D eigenvalue weighted by molar-refractivity contribution is 5.42. The van der Waals surface area contributed by atoms with Gasteiger partial charge in [0, 0.05) is 11.5 Å². The van der Waals surface area contributed by atoms with E-state index in [0.717, 1.165) is 24.7 Å². The molecule has 0 amide bonds. The molecule has 3 saturated carbocycles. The van der Waals surface area contributed by atoms with E-state index in [-0.39, 0.29) is 5.54 Å². The lowest BCUT2D eigenvalue weighted by atomic mass is 9.63. The summed E-state index contributed by atoms with van der Waals surface area (Å²) in [7, 11) is 1.90. The van der Waals surface area contributed by atoms with Gasteiger partial charge in [0.2, 0.25) is 0 Å². The predicted molar refractivity (Wildman–Crippen MR) is 96.7 cm³/mol. The highest BCUT2D eigenvalue weighted by atomic mass is 16.5. The number of rotatable bonds is 3. The summed E-state index contributed by atoms with van der Waals surface area (Å²) in [4.78, 5) is 0. The first-order valence-corrected chi connectivity index (χ1v) is 9.88. The highest BCUT2D eigenvalue weighted by Gasteiger charge is 2.45. The van der Waals surface area contributed by atoms with E-state index in [2.05, 4.69) is 18.2 Å². The lowest BCUT2D eigenvalue weighted by Crippen LogP contribution is -2.32. The van der Waals surface area contributed by atoms with Crippen molar-refractivity contribution in [2.45, 2.75) is 69.2 Å². The third-order valence-corrected chi connectivity index (χ3v) is 7.34. The van der Waals surface area contributed by atoms with Crippen LogP contribution in [0.3, 0.4) is 0 Å². The molecule has 1 aromatic carbocycles. The van der Waals surface area contributed by atoms with Crippen molar-refractivity contribution >= 4 is 0 Å². The molecule has 4 aliphatic carbocycles. The molecular weight excluding hydrogens is 294 g/mol. The molecule has 0 saturated heterocycles. The number of benzene rings is 1. The Hall–Kier alpha value is -1.28. The molecule has 0 aliphatic heterocycles. The van der Waals surface area contributed by atoms with Crippen molar-refractivity contribution in [2.75, 3.05) is 7.11 Å². The molecular formula is C22H29NO. The number of hydrogen-bond donors (Lipinski definition) is 1. The van der Waals surface area contributed by atoms with Gasteiger partial charge < -0.3 is 10.5 Å². The third-order valence-electron chi connectivity index (χ3n) is 7.34. The van der Waals surface area contributed by atoms with E-state index in [1.165, 1.54) is 56.3 Å². The molecule has 0 heterocycles. The molecule has 0 radical (unpaired) electrons. The smallest absolute Gasteiger partial charge is 0.0981 e. The number of hydrogen-bond acceptors (Lipinski definition) is 2. The number of allylic oxidation sites excluding steroid dienone is 2. The van der Waals surface area contributed by atoms with Crippen LogP contribution in [-0.2, 0) is 16.7 Å². The molecule has 24 heavy (non-hydrogen) atoms. The second kappa shape index (κ2) is 5.36. The molecule has 128 valence electrons. The van der Waals surface area contributed by atoms with E-state index in [1.807, 2.05) is 7.11 Å². The Balaban J connectivity index is 1.49. The number of methoxy groups -OCH3 is 1. The molecule has 2 N–H and O–H groups in total. The second-order valence-electron chi connectivity index (χ2n) is 8.59. The van der Waals surface area contributed by atoms with Crippen LogP contribution in [-0.4, -0.2) is 7.11 Å². The summed E-state index contributed by atoms with van der Waals surface area (Å²) in [6.45, 7) is 0. The van der Waals surface area contributed by atoms with Crippen LogP contribution in [0.4, 0.5) is 0 Å². The third kappa shape index (κ3) is 2.19. The molecule has 3 unspecified atom stereocenters. The van der Waals surface area contributed by atoms with Crippen molar-refractivity contribution in [3.63, 3.8) is 0 Å². The van der Waals surface area contributed by atoms with E-state index in [1.54, 1.807) is 16.7 Å². The minimum absolute atomic E-state index is 0.00836. The highest BCUT2D eigenvalue weighted by Crippen LogP contribution is 2.55. The first-order valence-electron chi connectivity index (χ1n) is 9.88. The van der Waals surface area contributed by atoms with Crippen molar-refractivity contribution < 1.29 is 4.74 Å². The van der Waals surface area contributed by atoms with Gasteiger partial charge in [-0.3, -0.25) is 0 Å². The molecule has 2 nitrogen and oxygen atoms in total. The monoisotopic (exact) mass is 323 g/mol. The first-order chi connectivity index (χ1) is 11.7. The molecule has 3 atom stereocenters. The molecule has 5 rings (SSSR count). The number of nitrogens with two attached hydrogens (primary N) is 1. The van der Waals surface area contributed by atoms with Crippen molar-refractivity contribution in [3.8, 4) is 0 Å². The Labute approximate surface area is 145 Å². The lowest BCUT2D eigenvalue weighted by molar-refractivity contribution is 0.122. The van der Waals surface area contributed by atoms with Gasteiger partial charge in [-0.05, 0) is 91.9 Å². The van der Waals surface area contributed by atoms with E-state index in [0.29, 0.717) is 5.92 Å². The number of fused-ring (bicyclic) bond motifs is 3. The van der Waals surface area contributed by atoms with Crippen LogP contribution in [0.1, 0.15) is 74.0 Å². The number of ether oxygens (including phenoxy) is 1. The maximum Gasteiger partial charge on any atom is 0.0981 e.